The number of nitrogens with zero attached hydrogens (tertiary/aromatic N) is 1. The highest BCUT2D eigenvalue weighted by Crippen LogP contribution is 2.19. The summed E-state index contributed by atoms with van der Waals surface area (Å²) in [6, 6.07) is 12.7. The maximum Gasteiger partial charge on any atom is 0.319 e. The SMILES string of the molecule is Cc1nc2ccc(NC(=O)NCCc3ccc(CO)cc3)cc2o1. The molecular formula is C18H19N3O3. The summed E-state index contributed by atoms with van der Waals surface area (Å²) in [6.07, 6.45) is 0.722. The van der Waals surface area contributed by atoms with Crippen LogP contribution < -0.4 is 10.6 Å². The third-order valence-corrected chi connectivity index (χ3v) is 3.66. The van der Waals surface area contributed by atoms with Gasteiger partial charge in [0, 0.05) is 25.2 Å². The molecule has 6 heteroatoms. The minimum Gasteiger partial charge on any atom is -0.441 e. The fraction of sp³-hybridized carbons (Fsp3) is 0.222. The first-order chi connectivity index (χ1) is 11.6. The van der Waals surface area contributed by atoms with Gasteiger partial charge in [0.15, 0.2) is 11.5 Å². The predicted octanol–water partition coefficient (Wildman–Crippen LogP) is 2.99. The first-order valence-electron chi connectivity index (χ1n) is 7.75. The maximum atomic E-state index is 11.9. The largest absolute Gasteiger partial charge is 0.441 e. The Bertz CT molecular complexity index is 840. The molecule has 1 heterocycles. The van der Waals surface area contributed by atoms with Crippen LogP contribution in [-0.2, 0) is 13.0 Å². The maximum absolute atomic E-state index is 11.9. The number of hydrogen-bond donors (Lipinski definition) is 3. The van der Waals surface area contributed by atoms with Crippen molar-refractivity contribution in [3.8, 4) is 0 Å². The molecule has 124 valence electrons. The van der Waals surface area contributed by atoms with E-state index in [1.165, 1.54) is 0 Å². The number of oxazole rings is 1. The standard InChI is InChI=1S/C18H19N3O3/c1-12-20-16-7-6-15(10-17(16)24-12)21-18(23)19-9-8-13-2-4-14(11-22)5-3-13/h2-7,10,22H,8-9,11H2,1H3,(H2,19,21,23). The van der Waals surface area contributed by atoms with Gasteiger partial charge in [-0.3, -0.25) is 0 Å². The van der Waals surface area contributed by atoms with E-state index >= 15 is 0 Å². The van der Waals surface area contributed by atoms with E-state index in [4.69, 9.17) is 9.52 Å². The fourth-order valence-electron chi connectivity index (χ4n) is 2.42. The highest BCUT2D eigenvalue weighted by Gasteiger charge is 2.06. The van der Waals surface area contributed by atoms with Crippen LogP contribution in [0.25, 0.3) is 11.1 Å². The van der Waals surface area contributed by atoms with Crippen LogP contribution in [0.1, 0.15) is 17.0 Å². The molecule has 0 radical (unpaired) electrons. The van der Waals surface area contributed by atoms with E-state index in [0.29, 0.717) is 23.7 Å². The second kappa shape index (κ2) is 7.14. The Balaban J connectivity index is 1.50. The molecule has 1 aromatic heterocycles. The average molecular weight is 325 g/mol. The molecule has 0 saturated heterocycles. The second-order valence-electron chi connectivity index (χ2n) is 5.52. The Kier molecular flexibility index (Phi) is 4.77. The molecule has 3 rings (SSSR count). The van der Waals surface area contributed by atoms with Gasteiger partial charge >= 0.3 is 6.03 Å². The van der Waals surface area contributed by atoms with Crippen molar-refractivity contribution in [3.63, 3.8) is 0 Å². The van der Waals surface area contributed by atoms with Crippen LogP contribution in [0.4, 0.5) is 10.5 Å². The molecular weight excluding hydrogens is 306 g/mol. The van der Waals surface area contributed by atoms with Crippen LogP contribution in [0.15, 0.2) is 46.9 Å². The molecule has 0 bridgehead atoms. The van der Waals surface area contributed by atoms with Crippen LogP contribution >= 0.6 is 0 Å². The van der Waals surface area contributed by atoms with Crippen molar-refractivity contribution in [1.82, 2.24) is 10.3 Å². The van der Waals surface area contributed by atoms with Gasteiger partial charge in [0.05, 0.1) is 6.61 Å². The topological polar surface area (TPSA) is 87.4 Å². The predicted molar refractivity (Wildman–Crippen MR) is 91.8 cm³/mol. The summed E-state index contributed by atoms with van der Waals surface area (Å²) in [5.74, 6) is 0.596. The van der Waals surface area contributed by atoms with E-state index < -0.39 is 0 Å². The van der Waals surface area contributed by atoms with Crippen LogP contribution in [0, 0.1) is 6.92 Å². The molecule has 0 atom stereocenters. The van der Waals surface area contributed by atoms with E-state index in [9.17, 15) is 4.79 Å². The summed E-state index contributed by atoms with van der Waals surface area (Å²) in [7, 11) is 0. The number of benzene rings is 2. The van der Waals surface area contributed by atoms with E-state index in [1.807, 2.05) is 30.3 Å². The quantitative estimate of drug-likeness (QED) is 0.673. The lowest BCUT2D eigenvalue weighted by molar-refractivity contribution is 0.252. The van der Waals surface area contributed by atoms with Gasteiger partial charge in [0.25, 0.3) is 0 Å². The number of anilines is 1. The van der Waals surface area contributed by atoms with Crippen LogP contribution in [0.3, 0.4) is 0 Å². The van der Waals surface area contributed by atoms with Gasteiger partial charge in [0.2, 0.25) is 0 Å². The molecule has 0 fully saturated rings. The first-order valence-corrected chi connectivity index (χ1v) is 7.75. The lowest BCUT2D eigenvalue weighted by atomic mass is 10.1. The third-order valence-electron chi connectivity index (χ3n) is 3.66. The smallest absolute Gasteiger partial charge is 0.319 e. The number of aromatic nitrogens is 1. The van der Waals surface area contributed by atoms with Gasteiger partial charge in [-0.15, -0.1) is 0 Å². The highest BCUT2D eigenvalue weighted by molar-refractivity contribution is 5.91. The summed E-state index contributed by atoms with van der Waals surface area (Å²) in [6.45, 7) is 2.34. The zero-order valence-corrected chi connectivity index (χ0v) is 13.4. The molecule has 0 saturated carbocycles. The highest BCUT2D eigenvalue weighted by atomic mass is 16.3. The Morgan fingerprint density at radius 3 is 2.67 bits per heavy atom. The van der Waals surface area contributed by atoms with Crippen molar-refractivity contribution in [1.29, 1.82) is 0 Å². The van der Waals surface area contributed by atoms with Crippen molar-refractivity contribution < 1.29 is 14.3 Å². The van der Waals surface area contributed by atoms with Gasteiger partial charge in [-0.25, -0.2) is 9.78 Å². The van der Waals surface area contributed by atoms with Gasteiger partial charge < -0.3 is 20.2 Å². The van der Waals surface area contributed by atoms with Crippen molar-refractivity contribution in [2.75, 3.05) is 11.9 Å². The van der Waals surface area contributed by atoms with Crippen LogP contribution in [-0.4, -0.2) is 22.7 Å². The fourth-order valence-corrected chi connectivity index (χ4v) is 2.42. The number of nitrogens with one attached hydrogen (secondary N) is 2. The molecule has 6 nitrogen and oxygen atoms in total. The zero-order valence-electron chi connectivity index (χ0n) is 13.4. The van der Waals surface area contributed by atoms with Crippen molar-refractivity contribution in [2.24, 2.45) is 0 Å². The van der Waals surface area contributed by atoms with Gasteiger partial charge in [-0.05, 0) is 29.7 Å². The van der Waals surface area contributed by atoms with E-state index in [0.717, 1.165) is 23.1 Å². The minimum atomic E-state index is -0.266. The molecule has 3 aromatic rings. The van der Waals surface area contributed by atoms with E-state index in [2.05, 4.69) is 15.6 Å². The number of hydrogen-bond acceptors (Lipinski definition) is 4. The van der Waals surface area contributed by atoms with Gasteiger partial charge in [-0.2, -0.15) is 0 Å². The summed E-state index contributed by atoms with van der Waals surface area (Å²) in [4.78, 5) is 16.2. The van der Waals surface area contributed by atoms with E-state index in [1.54, 1.807) is 19.1 Å². The number of aryl methyl sites for hydroxylation is 1. The lowest BCUT2D eigenvalue weighted by Gasteiger charge is -2.08. The number of rotatable bonds is 5. The summed E-state index contributed by atoms with van der Waals surface area (Å²) >= 11 is 0. The molecule has 0 aliphatic heterocycles. The molecule has 0 aliphatic carbocycles. The first kappa shape index (κ1) is 16.0. The van der Waals surface area contributed by atoms with E-state index in [-0.39, 0.29) is 12.6 Å². The Morgan fingerprint density at radius 2 is 1.92 bits per heavy atom. The summed E-state index contributed by atoms with van der Waals surface area (Å²) in [5.41, 5.74) is 4.05. The number of aliphatic hydroxyl groups is 1. The normalized spacial score (nSPS) is 10.8. The third kappa shape index (κ3) is 3.91. The molecule has 0 unspecified atom stereocenters. The zero-order chi connectivity index (χ0) is 16.9. The molecule has 0 aliphatic rings. The number of amides is 2. The Morgan fingerprint density at radius 1 is 1.17 bits per heavy atom. The lowest BCUT2D eigenvalue weighted by Crippen LogP contribution is -2.30. The van der Waals surface area contributed by atoms with Crippen LogP contribution in [0.5, 0.6) is 0 Å². The molecule has 24 heavy (non-hydrogen) atoms. The Hall–Kier alpha value is -2.86. The van der Waals surface area contributed by atoms with Crippen molar-refractivity contribution in [3.05, 3.63) is 59.5 Å². The van der Waals surface area contributed by atoms with Crippen LogP contribution in [0.2, 0.25) is 0 Å². The van der Waals surface area contributed by atoms with Gasteiger partial charge in [0.1, 0.15) is 5.52 Å². The summed E-state index contributed by atoms with van der Waals surface area (Å²) in [5, 5.41) is 14.6. The van der Waals surface area contributed by atoms with Crippen molar-refractivity contribution >= 4 is 22.8 Å². The monoisotopic (exact) mass is 325 g/mol. The molecule has 2 aromatic carbocycles. The average Bonchev–Trinajstić information content (AvgIpc) is 2.95. The summed E-state index contributed by atoms with van der Waals surface area (Å²) < 4.78 is 5.45. The van der Waals surface area contributed by atoms with Gasteiger partial charge in [-0.1, -0.05) is 24.3 Å². The molecule has 3 N–H and O–H groups in total. The minimum absolute atomic E-state index is 0.0377. The molecule has 2 amide bonds. The number of carbonyl (C=O) groups is 1. The molecule has 0 spiro atoms. The number of fused-ring (bicyclic) bond motifs is 1. The Labute approximate surface area is 139 Å². The van der Waals surface area contributed by atoms with Crippen molar-refractivity contribution in [2.45, 2.75) is 20.0 Å². The number of urea groups is 1. The number of aliphatic hydroxyl groups excluding tert-OH is 1. The number of carbonyl (C=O) groups excluding carboxylic acids is 1. The second-order valence-corrected chi connectivity index (χ2v) is 5.52.